The number of thioether (sulfide) groups is 1. The van der Waals surface area contributed by atoms with E-state index in [1.54, 1.807) is 4.68 Å². The van der Waals surface area contributed by atoms with Gasteiger partial charge in [0.1, 0.15) is 6.10 Å². The molecule has 2 fully saturated rings. The highest BCUT2D eigenvalue weighted by Gasteiger charge is 2.47. The Morgan fingerprint density at radius 1 is 1.17 bits per heavy atom. The van der Waals surface area contributed by atoms with E-state index in [4.69, 9.17) is 9.97 Å². The number of aromatic nitrogens is 5. The fourth-order valence-electron chi connectivity index (χ4n) is 4.81. The van der Waals surface area contributed by atoms with Gasteiger partial charge >= 0.3 is 0 Å². The van der Waals surface area contributed by atoms with Crippen molar-refractivity contribution >= 4 is 34.7 Å². The second-order valence-corrected chi connectivity index (χ2v) is 11.1. The van der Waals surface area contributed by atoms with E-state index < -0.39 is 24.2 Å². The molecule has 3 aromatic rings. The fraction of sp³-hybridized carbons (Fsp3) is 0.542. The number of hydrogen-bond donors (Lipinski definition) is 4. The van der Waals surface area contributed by atoms with Crippen LogP contribution in [0.3, 0.4) is 0 Å². The Kier molecular flexibility index (Phi) is 6.65. The monoisotopic (exact) mass is 497 g/mol. The van der Waals surface area contributed by atoms with Gasteiger partial charge in [0.15, 0.2) is 22.1 Å². The highest BCUT2D eigenvalue weighted by molar-refractivity contribution is 7.99. The largest absolute Gasteiger partial charge is 0.390 e. The first-order valence-corrected chi connectivity index (χ1v) is 13.0. The first kappa shape index (κ1) is 24.0. The zero-order valence-corrected chi connectivity index (χ0v) is 20.8. The van der Waals surface area contributed by atoms with Crippen molar-refractivity contribution in [1.82, 2.24) is 30.3 Å². The second-order valence-electron chi connectivity index (χ2n) is 9.52. The predicted octanol–water partition coefficient (Wildman–Crippen LogP) is 2.11. The average molecular weight is 498 g/mol. The number of fused-ring (bicyclic) bond motifs is 1. The van der Waals surface area contributed by atoms with Crippen molar-refractivity contribution in [2.75, 3.05) is 11.9 Å². The van der Waals surface area contributed by atoms with Gasteiger partial charge in [-0.15, -0.1) is 5.10 Å². The van der Waals surface area contributed by atoms with Crippen molar-refractivity contribution in [3.8, 4) is 0 Å². The number of aliphatic hydroxyl groups is 2. The summed E-state index contributed by atoms with van der Waals surface area (Å²) in [7, 11) is 0. The van der Waals surface area contributed by atoms with Gasteiger partial charge in [-0.25, -0.2) is 14.6 Å². The molecular formula is C24H31N7O3S. The summed E-state index contributed by atoms with van der Waals surface area (Å²) in [5.41, 5.74) is 2.28. The summed E-state index contributed by atoms with van der Waals surface area (Å²) in [5.74, 6) is 0.0131. The van der Waals surface area contributed by atoms with Crippen LogP contribution in [0.5, 0.6) is 0 Å². The molecule has 35 heavy (non-hydrogen) atoms. The summed E-state index contributed by atoms with van der Waals surface area (Å²) < 4.78 is 1.54. The van der Waals surface area contributed by atoms with E-state index in [1.807, 2.05) is 25.1 Å². The Bertz CT molecular complexity index is 1200. The van der Waals surface area contributed by atoms with Crippen LogP contribution in [0.25, 0.3) is 11.2 Å². The van der Waals surface area contributed by atoms with Crippen molar-refractivity contribution in [3.63, 3.8) is 0 Å². The fourth-order valence-corrected chi connectivity index (χ4v) is 5.52. The molecule has 0 bridgehead atoms. The highest BCUT2D eigenvalue weighted by atomic mass is 32.2. The number of rotatable bonds is 8. The molecule has 6 atom stereocenters. The van der Waals surface area contributed by atoms with Crippen LogP contribution in [-0.4, -0.2) is 71.1 Å². The molecule has 6 unspecified atom stereocenters. The van der Waals surface area contributed by atoms with E-state index >= 15 is 0 Å². The molecular weight excluding hydrogens is 466 g/mol. The van der Waals surface area contributed by atoms with Gasteiger partial charge in [0.25, 0.3) is 0 Å². The van der Waals surface area contributed by atoms with Gasteiger partial charge in [-0.1, -0.05) is 61.2 Å². The maximum atomic E-state index is 12.4. The van der Waals surface area contributed by atoms with Crippen molar-refractivity contribution in [1.29, 1.82) is 0 Å². The van der Waals surface area contributed by atoms with Crippen LogP contribution in [0.2, 0.25) is 0 Å². The molecule has 2 aliphatic rings. The summed E-state index contributed by atoms with van der Waals surface area (Å²) in [6.45, 7) is 6.42. The molecule has 186 valence electrons. The minimum atomic E-state index is -1.19. The maximum Gasteiger partial charge on any atom is 0.225 e. The van der Waals surface area contributed by atoms with Crippen molar-refractivity contribution in [3.05, 3.63) is 35.9 Å². The maximum absolute atomic E-state index is 12.4. The van der Waals surface area contributed by atoms with E-state index in [-0.39, 0.29) is 23.6 Å². The Labute approximate surface area is 207 Å². The van der Waals surface area contributed by atoms with Crippen LogP contribution in [-0.2, 0) is 4.79 Å². The van der Waals surface area contributed by atoms with E-state index in [0.29, 0.717) is 34.6 Å². The van der Waals surface area contributed by atoms with Gasteiger partial charge in [-0.2, -0.15) is 0 Å². The first-order valence-electron chi connectivity index (χ1n) is 12.1. The van der Waals surface area contributed by atoms with E-state index in [0.717, 1.165) is 6.42 Å². The predicted molar refractivity (Wildman–Crippen MR) is 133 cm³/mol. The van der Waals surface area contributed by atoms with Crippen LogP contribution in [0.15, 0.2) is 35.5 Å². The number of nitrogens with zero attached hydrogens (tertiary/aromatic N) is 5. The Balaban J connectivity index is 1.46. The van der Waals surface area contributed by atoms with Crippen LogP contribution in [0, 0.1) is 5.92 Å². The van der Waals surface area contributed by atoms with Gasteiger partial charge in [-0.05, 0) is 25.3 Å². The lowest BCUT2D eigenvalue weighted by atomic mass is 10.0. The summed E-state index contributed by atoms with van der Waals surface area (Å²) in [6, 6.07) is 9.99. The number of hydrogen-bond acceptors (Lipinski definition) is 9. The number of aliphatic hydroxyl groups excluding tert-OH is 2. The zero-order chi connectivity index (χ0) is 24.7. The molecule has 11 heteroatoms. The van der Waals surface area contributed by atoms with Crippen molar-refractivity contribution in [2.24, 2.45) is 5.92 Å². The smallest absolute Gasteiger partial charge is 0.225 e. The van der Waals surface area contributed by atoms with Gasteiger partial charge in [-0.3, -0.25) is 4.79 Å². The molecule has 2 aromatic heterocycles. The molecule has 1 aromatic carbocycles. The second kappa shape index (κ2) is 9.71. The Morgan fingerprint density at radius 2 is 1.94 bits per heavy atom. The quantitative estimate of drug-likeness (QED) is 0.272. The number of nitrogens with one attached hydrogen (secondary N) is 2. The molecule has 2 aliphatic carbocycles. The molecule has 0 spiro atoms. The summed E-state index contributed by atoms with van der Waals surface area (Å²) in [5, 5.41) is 37.1. The number of carbonyl (C=O) groups is 1. The van der Waals surface area contributed by atoms with Crippen molar-refractivity contribution in [2.45, 2.75) is 74.2 Å². The summed E-state index contributed by atoms with van der Waals surface area (Å²) in [6.07, 6.45) is -1.11. The number of anilines is 1. The van der Waals surface area contributed by atoms with Crippen LogP contribution < -0.4 is 10.6 Å². The van der Waals surface area contributed by atoms with E-state index in [2.05, 4.69) is 46.9 Å². The zero-order valence-electron chi connectivity index (χ0n) is 20.0. The van der Waals surface area contributed by atoms with Gasteiger partial charge in [0.05, 0.1) is 18.1 Å². The molecule has 10 nitrogen and oxygen atoms in total. The molecule has 0 aliphatic heterocycles. The molecule has 2 heterocycles. The normalized spacial score (nSPS) is 27.9. The third-order valence-electron chi connectivity index (χ3n) is 6.64. The Morgan fingerprint density at radius 3 is 2.66 bits per heavy atom. The van der Waals surface area contributed by atoms with E-state index in [9.17, 15) is 15.0 Å². The summed E-state index contributed by atoms with van der Waals surface area (Å²) in [4.78, 5) is 21.9. The standard InChI is InChI=1S/C24H31N7O3S/c1-4-25-23(34)15-11-17(20(33)19(15)32)31-22-18(29-30-31)21(27-24(28-22)35-12(2)3)26-16-10-14(16)13-8-6-5-7-9-13/h5-9,12,14-17,19-20,32-33H,4,10-11H2,1-3H3,(H,25,34)(H,26,27,28). The average Bonchev–Trinajstić information content (AvgIpc) is 3.37. The molecule has 1 amide bonds. The lowest BCUT2D eigenvalue weighted by molar-refractivity contribution is -0.128. The lowest BCUT2D eigenvalue weighted by Gasteiger charge is -2.17. The molecule has 5 rings (SSSR count). The number of carbonyl (C=O) groups excluding carboxylic acids is 1. The van der Waals surface area contributed by atoms with E-state index in [1.165, 1.54) is 17.3 Å². The topological polar surface area (TPSA) is 138 Å². The first-order chi connectivity index (χ1) is 16.9. The lowest BCUT2D eigenvalue weighted by Crippen LogP contribution is -2.38. The van der Waals surface area contributed by atoms with Gasteiger partial charge < -0.3 is 20.8 Å². The van der Waals surface area contributed by atoms with Gasteiger partial charge in [0, 0.05) is 23.8 Å². The van der Waals surface area contributed by atoms with Crippen LogP contribution in [0.1, 0.15) is 51.1 Å². The van der Waals surface area contributed by atoms with Crippen LogP contribution >= 0.6 is 11.8 Å². The molecule has 0 radical (unpaired) electrons. The SMILES string of the molecule is CCNC(=O)C1CC(n2nnc3c(NC4CC4c4ccccc4)nc(SC(C)C)nc32)C(O)C1O. The minimum Gasteiger partial charge on any atom is -0.390 e. The molecule has 0 saturated heterocycles. The van der Waals surface area contributed by atoms with Crippen molar-refractivity contribution < 1.29 is 15.0 Å². The number of benzene rings is 1. The highest BCUT2D eigenvalue weighted by Crippen LogP contribution is 2.43. The number of amides is 1. The van der Waals surface area contributed by atoms with Crippen LogP contribution in [0.4, 0.5) is 5.82 Å². The third kappa shape index (κ3) is 4.72. The Hall–Kier alpha value is -2.76. The molecule has 2 saturated carbocycles. The summed E-state index contributed by atoms with van der Waals surface area (Å²) >= 11 is 1.53. The van der Waals surface area contributed by atoms with Gasteiger partial charge in [0.2, 0.25) is 5.91 Å². The molecule has 4 N–H and O–H groups in total. The minimum absolute atomic E-state index is 0.235. The third-order valence-corrected chi connectivity index (χ3v) is 7.50.